The number of hydrogen-bond acceptors (Lipinski definition) is 5. The molecule has 198 valence electrons. The van der Waals surface area contributed by atoms with Gasteiger partial charge in [-0.1, -0.05) is 6.07 Å². The average Bonchev–Trinajstić information content (AvgIpc) is 3.66. The Balaban J connectivity index is 1.23. The van der Waals surface area contributed by atoms with Crippen LogP contribution in [0.15, 0.2) is 36.4 Å². The maximum absolute atomic E-state index is 14.0. The summed E-state index contributed by atoms with van der Waals surface area (Å²) in [5.41, 5.74) is 1.40. The molecular formula is C27H28FN5O5. The smallest absolute Gasteiger partial charge is 0.325 e. The van der Waals surface area contributed by atoms with Crippen LogP contribution < -0.4 is 20.7 Å². The molecule has 2 aliphatic carbocycles. The van der Waals surface area contributed by atoms with Gasteiger partial charge in [0.05, 0.1) is 6.04 Å². The molecule has 3 N–H and O–H groups in total. The SMILES string of the molecule is CNC(=O)Nc1ccc2c(c1)CCC21NC(=O)N(CC(=O)N2Cc3cc(F)ccc3OC[C@H]2C2CC2)C1=O. The third-order valence-electron chi connectivity index (χ3n) is 7.95. The number of nitrogens with one attached hydrogen (secondary N) is 3. The van der Waals surface area contributed by atoms with E-state index in [1.54, 1.807) is 29.2 Å². The van der Waals surface area contributed by atoms with Crippen LogP contribution in [0, 0.1) is 11.7 Å². The second-order valence-corrected chi connectivity index (χ2v) is 10.3. The van der Waals surface area contributed by atoms with E-state index in [0.717, 1.165) is 23.3 Å². The van der Waals surface area contributed by atoms with E-state index < -0.39 is 29.8 Å². The number of imide groups is 1. The van der Waals surface area contributed by atoms with Crippen molar-refractivity contribution < 1.29 is 28.3 Å². The van der Waals surface area contributed by atoms with Crippen molar-refractivity contribution in [3.8, 4) is 5.75 Å². The zero-order valence-corrected chi connectivity index (χ0v) is 20.9. The van der Waals surface area contributed by atoms with Crippen LogP contribution in [0.25, 0.3) is 0 Å². The van der Waals surface area contributed by atoms with Crippen molar-refractivity contribution >= 4 is 29.6 Å². The lowest BCUT2D eigenvalue weighted by Gasteiger charge is -2.30. The molecule has 1 spiro atoms. The number of urea groups is 2. The summed E-state index contributed by atoms with van der Waals surface area (Å²) in [6, 6.07) is 8.26. The number of ether oxygens (including phenoxy) is 1. The van der Waals surface area contributed by atoms with Gasteiger partial charge in [0, 0.05) is 24.8 Å². The number of fused-ring (bicyclic) bond motifs is 3. The minimum Gasteiger partial charge on any atom is -0.491 e. The molecule has 11 heteroatoms. The Kier molecular flexibility index (Phi) is 5.73. The fourth-order valence-corrected chi connectivity index (χ4v) is 5.82. The minimum absolute atomic E-state index is 0.145. The molecular weight excluding hydrogens is 493 g/mol. The number of nitrogens with zero attached hydrogens (tertiary/aromatic N) is 2. The molecule has 6 amide bonds. The number of aryl methyl sites for hydroxylation is 1. The third kappa shape index (κ3) is 4.02. The molecule has 2 aliphatic heterocycles. The van der Waals surface area contributed by atoms with E-state index in [-0.39, 0.29) is 37.0 Å². The lowest BCUT2D eigenvalue weighted by atomic mass is 9.91. The van der Waals surface area contributed by atoms with Crippen LogP contribution in [0.5, 0.6) is 5.75 Å². The van der Waals surface area contributed by atoms with Gasteiger partial charge >= 0.3 is 12.1 Å². The lowest BCUT2D eigenvalue weighted by Crippen LogP contribution is -2.49. The number of hydrogen-bond donors (Lipinski definition) is 3. The highest BCUT2D eigenvalue weighted by Gasteiger charge is 2.56. The highest BCUT2D eigenvalue weighted by molar-refractivity contribution is 6.10. The number of anilines is 1. The summed E-state index contributed by atoms with van der Waals surface area (Å²) in [6.07, 6.45) is 2.81. The van der Waals surface area contributed by atoms with Crippen molar-refractivity contribution in [1.82, 2.24) is 20.4 Å². The second kappa shape index (κ2) is 9.00. The van der Waals surface area contributed by atoms with Crippen molar-refractivity contribution in [2.75, 3.05) is 25.5 Å². The van der Waals surface area contributed by atoms with E-state index in [1.807, 2.05) is 0 Å². The summed E-state index contributed by atoms with van der Waals surface area (Å²) < 4.78 is 19.9. The highest BCUT2D eigenvalue weighted by atomic mass is 19.1. The molecule has 0 bridgehead atoms. The first-order chi connectivity index (χ1) is 18.3. The van der Waals surface area contributed by atoms with Crippen LogP contribution in [-0.2, 0) is 28.1 Å². The molecule has 0 aromatic heterocycles. The molecule has 2 atom stereocenters. The maximum Gasteiger partial charge on any atom is 0.325 e. The molecule has 2 aromatic carbocycles. The molecule has 4 aliphatic rings. The van der Waals surface area contributed by atoms with Crippen LogP contribution in [0.4, 0.5) is 19.7 Å². The van der Waals surface area contributed by atoms with E-state index >= 15 is 0 Å². The van der Waals surface area contributed by atoms with Gasteiger partial charge in [-0.3, -0.25) is 14.5 Å². The maximum atomic E-state index is 14.0. The monoisotopic (exact) mass is 521 g/mol. The van der Waals surface area contributed by atoms with Gasteiger partial charge in [-0.2, -0.15) is 0 Å². The van der Waals surface area contributed by atoms with E-state index in [9.17, 15) is 23.6 Å². The largest absolute Gasteiger partial charge is 0.491 e. The van der Waals surface area contributed by atoms with Crippen LogP contribution in [0.1, 0.15) is 36.0 Å². The van der Waals surface area contributed by atoms with Gasteiger partial charge in [-0.15, -0.1) is 0 Å². The van der Waals surface area contributed by atoms with Crippen molar-refractivity contribution in [3.63, 3.8) is 0 Å². The number of amides is 6. The van der Waals surface area contributed by atoms with Gasteiger partial charge in [0.25, 0.3) is 5.91 Å². The van der Waals surface area contributed by atoms with Crippen LogP contribution in [0.2, 0.25) is 0 Å². The Labute approximate surface area is 218 Å². The zero-order chi connectivity index (χ0) is 26.6. The van der Waals surface area contributed by atoms with E-state index in [4.69, 9.17) is 4.74 Å². The first-order valence-corrected chi connectivity index (χ1v) is 12.8. The van der Waals surface area contributed by atoms with Crippen LogP contribution >= 0.6 is 0 Å². The predicted octanol–water partition coefficient (Wildman–Crippen LogP) is 2.47. The molecule has 1 unspecified atom stereocenters. The van der Waals surface area contributed by atoms with E-state index in [1.165, 1.54) is 19.2 Å². The first kappa shape index (κ1) is 24.2. The Morgan fingerprint density at radius 3 is 2.74 bits per heavy atom. The highest BCUT2D eigenvalue weighted by Crippen LogP contribution is 2.43. The Morgan fingerprint density at radius 2 is 1.97 bits per heavy atom. The first-order valence-electron chi connectivity index (χ1n) is 12.8. The molecule has 1 saturated carbocycles. The van der Waals surface area contributed by atoms with Crippen LogP contribution in [-0.4, -0.2) is 59.9 Å². The standard InChI is InChI=1S/C27H28FN5O5/c1-29-25(36)30-19-5-6-20-16(11-19)8-9-27(20)24(35)33(26(37)31-27)13-23(34)32-12-17-10-18(28)4-7-22(17)38-14-21(32)15-2-3-15/h4-7,10-11,15,21H,2-3,8-9,12-14H2,1H3,(H,31,37)(H2,29,30,36)/t21-,27?/m0/s1. The molecule has 2 aromatic rings. The second-order valence-electron chi connectivity index (χ2n) is 10.3. The molecule has 38 heavy (non-hydrogen) atoms. The Morgan fingerprint density at radius 1 is 1.16 bits per heavy atom. The molecule has 1 saturated heterocycles. The third-order valence-corrected chi connectivity index (χ3v) is 7.95. The number of carbonyl (C=O) groups is 4. The van der Waals surface area contributed by atoms with Crippen molar-refractivity contribution in [2.24, 2.45) is 5.92 Å². The average molecular weight is 522 g/mol. The molecule has 2 fully saturated rings. The van der Waals surface area contributed by atoms with E-state index in [0.29, 0.717) is 35.4 Å². The molecule has 6 rings (SSSR count). The van der Waals surface area contributed by atoms with Gasteiger partial charge in [0.2, 0.25) is 5.91 Å². The molecule has 2 heterocycles. The summed E-state index contributed by atoms with van der Waals surface area (Å²) in [5, 5.41) is 8.04. The summed E-state index contributed by atoms with van der Waals surface area (Å²) in [6.45, 7) is 0.0106. The van der Waals surface area contributed by atoms with Gasteiger partial charge in [0.15, 0.2) is 0 Å². The molecule has 10 nitrogen and oxygen atoms in total. The number of benzene rings is 2. The van der Waals surface area contributed by atoms with E-state index in [2.05, 4.69) is 16.0 Å². The predicted molar refractivity (Wildman–Crippen MR) is 134 cm³/mol. The van der Waals surface area contributed by atoms with Gasteiger partial charge in [-0.25, -0.2) is 14.0 Å². The Hall–Kier alpha value is -4.15. The number of rotatable bonds is 4. The van der Waals surface area contributed by atoms with Crippen molar-refractivity contribution in [3.05, 3.63) is 58.9 Å². The Bertz CT molecular complexity index is 1360. The normalized spacial score (nSPS) is 23.9. The minimum atomic E-state index is -1.24. The summed E-state index contributed by atoms with van der Waals surface area (Å²) in [4.78, 5) is 54.6. The number of halogens is 1. The fourth-order valence-electron chi connectivity index (χ4n) is 5.82. The van der Waals surface area contributed by atoms with Crippen molar-refractivity contribution in [1.29, 1.82) is 0 Å². The van der Waals surface area contributed by atoms with Crippen molar-refractivity contribution in [2.45, 2.75) is 43.8 Å². The van der Waals surface area contributed by atoms with Gasteiger partial charge in [-0.05, 0) is 73.1 Å². The quantitative estimate of drug-likeness (QED) is 0.534. The van der Waals surface area contributed by atoms with Crippen LogP contribution in [0.3, 0.4) is 0 Å². The summed E-state index contributed by atoms with van der Waals surface area (Å²) in [5.74, 6) is -0.469. The number of carbonyl (C=O) groups excluding carboxylic acids is 4. The fraction of sp³-hybridized carbons (Fsp3) is 0.407. The lowest BCUT2D eigenvalue weighted by molar-refractivity contribution is -0.141. The summed E-state index contributed by atoms with van der Waals surface area (Å²) in [7, 11) is 1.52. The topological polar surface area (TPSA) is 120 Å². The van der Waals surface area contributed by atoms with Gasteiger partial charge in [0.1, 0.15) is 30.3 Å². The zero-order valence-electron chi connectivity index (χ0n) is 20.9. The molecule has 0 radical (unpaired) electrons. The van der Waals surface area contributed by atoms with Gasteiger partial charge < -0.3 is 25.6 Å². The summed E-state index contributed by atoms with van der Waals surface area (Å²) >= 11 is 0.